The van der Waals surface area contributed by atoms with Crippen molar-refractivity contribution in [3.05, 3.63) is 36.0 Å². The third kappa shape index (κ3) is 3.89. The molecule has 1 aromatic heterocycles. The average Bonchev–Trinajstić information content (AvgIpc) is 3.56. The average molecular weight is 433 g/mol. The van der Waals surface area contributed by atoms with Crippen LogP contribution in [0.15, 0.2) is 30.3 Å². The highest BCUT2D eigenvalue weighted by Gasteiger charge is 2.56. The van der Waals surface area contributed by atoms with Crippen LogP contribution in [-0.4, -0.2) is 61.7 Å². The lowest BCUT2D eigenvalue weighted by molar-refractivity contribution is 0.0985. The van der Waals surface area contributed by atoms with E-state index >= 15 is 0 Å². The van der Waals surface area contributed by atoms with Crippen molar-refractivity contribution in [2.75, 3.05) is 42.8 Å². The van der Waals surface area contributed by atoms with Crippen LogP contribution in [0.5, 0.6) is 0 Å². The summed E-state index contributed by atoms with van der Waals surface area (Å²) >= 11 is 0. The lowest BCUT2D eigenvalue weighted by atomic mass is 10.1. The molecule has 1 atom stereocenters. The number of nitrogen functional groups attached to an aromatic ring is 1. The highest BCUT2D eigenvalue weighted by atomic mass is 32.2. The summed E-state index contributed by atoms with van der Waals surface area (Å²) in [5, 5.41) is 9.13. The van der Waals surface area contributed by atoms with Crippen LogP contribution in [0, 0.1) is 0 Å². The molecule has 1 saturated heterocycles. The Kier molecular flexibility index (Phi) is 5.69. The largest absolute Gasteiger partial charge is 0.399 e. The minimum Gasteiger partial charge on any atom is -0.399 e. The Morgan fingerprint density at radius 2 is 2.00 bits per heavy atom. The van der Waals surface area contributed by atoms with Gasteiger partial charge in [-0.05, 0) is 50.5 Å². The minimum atomic E-state index is -3.44. The maximum atomic E-state index is 13.1. The SMILES string of the molecule is C[C@H]1COCCN1c1cc(C2(S(=O)(=O)CCCO)CC2)nc(-c2ccc(N)cc2)n1. The molecule has 0 bridgehead atoms. The maximum absolute atomic E-state index is 13.1. The van der Waals surface area contributed by atoms with Crippen molar-refractivity contribution >= 4 is 21.3 Å². The van der Waals surface area contributed by atoms with Crippen LogP contribution in [-0.2, 0) is 19.3 Å². The van der Waals surface area contributed by atoms with Crippen molar-refractivity contribution < 1.29 is 18.3 Å². The number of morpholine rings is 1. The Hall–Kier alpha value is -2.23. The number of aromatic nitrogens is 2. The van der Waals surface area contributed by atoms with Crippen molar-refractivity contribution in [1.29, 1.82) is 0 Å². The molecule has 8 nitrogen and oxygen atoms in total. The van der Waals surface area contributed by atoms with Gasteiger partial charge in [0.15, 0.2) is 15.7 Å². The number of rotatable bonds is 7. The molecule has 1 aliphatic heterocycles. The fourth-order valence-corrected chi connectivity index (χ4v) is 5.98. The van der Waals surface area contributed by atoms with Crippen molar-refractivity contribution in [2.24, 2.45) is 0 Å². The van der Waals surface area contributed by atoms with Crippen LogP contribution in [0.1, 0.15) is 31.9 Å². The smallest absolute Gasteiger partial charge is 0.161 e. The number of nitrogens with two attached hydrogens (primary N) is 1. The Morgan fingerprint density at radius 3 is 2.63 bits per heavy atom. The highest BCUT2D eigenvalue weighted by molar-refractivity contribution is 7.92. The quantitative estimate of drug-likeness (QED) is 0.635. The van der Waals surface area contributed by atoms with E-state index in [0.29, 0.717) is 55.6 Å². The Morgan fingerprint density at radius 1 is 1.27 bits per heavy atom. The number of ether oxygens (including phenoxy) is 1. The molecular formula is C21H28N4O4S. The van der Waals surface area contributed by atoms with Crippen LogP contribution in [0.2, 0.25) is 0 Å². The van der Waals surface area contributed by atoms with Gasteiger partial charge in [-0.25, -0.2) is 18.4 Å². The molecule has 9 heteroatoms. The van der Waals surface area contributed by atoms with E-state index in [1.54, 1.807) is 12.1 Å². The summed E-state index contributed by atoms with van der Waals surface area (Å²) in [4.78, 5) is 11.6. The molecule has 162 valence electrons. The number of aliphatic hydroxyl groups excluding tert-OH is 1. The second-order valence-electron chi connectivity index (χ2n) is 8.06. The first kappa shape index (κ1) is 21.0. The Balaban J connectivity index is 1.81. The predicted molar refractivity (Wildman–Crippen MR) is 116 cm³/mol. The monoisotopic (exact) mass is 432 g/mol. The van der Waals surface area contributed by atoms with E-state index in [1.165, 1.54) is 0 Å². The number of anilines is 2. The van der Waals surface area contributed by atoms with Crippen molar-refractivity contribution in [3.63, 3.8) is 0 Å². The highest BCUT2D eigenvalue weighted by Crippen LogP contribution is 2.53. The number of benzene rings is 1. The van der Waals surface area contributed by atoms with E-state index in [1.807, 2.05) is 18.2 Å². The predicted octanol–water partition coefficient (Wildman–Crippen LogP) is 1.74. The number of sulfone groups is 1. The lowest BCUT2D eigenvalue weighted by Gasteiger charge is -2.34. The zero-order valence-electron chi connectivity index (χ0n) is 17.1. The van der Waals surface area contributed by atoms with Crippen molar-refractivity contribution in [1.82, 2.24) is 9.97 Å². The van der Waals surface area contributed by atoms with E-state index in [2.05, 4.69) is 11.8 Å². The summed E-state index contributed by atoms with van der Waals surface area (Å²) in [6.07, 6.45) is 1.31. The molecule has 1 aliphatic carbocycles. The van der Waals surface area contributed by atoms with Gasteiger partial charge >= 0.3 is 0 Å². The molecule has 2 aliphatic rings. The molecule has 30 heavy (non-hydrogen) atoms. The van der Waals surface area contributed by atoms with Gasteiger partial charge in [0.1, 0.15) is 10.6 Å². The first-order chi connectivity index (χ1) is 14.4. The van der Waals surface area contributed by atoms with E-state index in [9.17, 15) is 8.42 Å². The number of nitrogens with zero attached hydrogens (tertiary/aromatic N) is 3. The first-order valence-corrected chi connectivity index (χ1v) is 11.9. The van der Waals surface area contributed by atoms with Crippen LogP contribution in [0.4, 0.5) is 11.5 Å². The first-order valence-electron chi connectivity index (χ1n) is 10.3. The Bertz CT molecular complexity index is 1010. The molecule has 2 fully saturated rings. The van der Waals surface area contributed by atoms with Gasteiger partial charge in [-0.15, -0.1) is 0 Å². The standard InChI is InChI=1S/C21H28N4O4S/c1-15-14-29-11-9-25(15)19-13-18(21(7-8-21)30(27,28)12-2-10-26)23-20(24-19)16-3-5-17(22)6-4-16/h3-6,13,15,26H,2,7-12,14,22H2,1H3/t15-/m0/s1. The normalized spacial score (nSPS) is 20.9. The molecule has 0 spiro atoms. The van der Waals surface area contributed by atoms with Gasteiger partial charge in [0.05, 0.1) is 30.7 Å². The molecule has 0 radical (unpaired) electrons. The number of hydrogen-bond donors (Lipinski definition) is 2. The fourth-order valence-electron chi connectivity index (χ4n) is 3.93. The second kappa shape index (κ2) is 8.13. The van der Waals surface area contributed by atoms with Gasteiger partial charge in [0.2, 0.25) is 0 Å². The van der Waals surface area contributed by atoms with Crippen molar-refractivity contribution in [3.8, 4) is 11.4 Å². The van der Waals surface area contributed by atoms with Gasteiger partial charge in [-0.2, -0.15) is 0 Å². The van der Waals surface area contributed by atoms with Crippen LogP contribution >= 0.6 is 0 Å². The van der Waals surface area contributed by atoms with Gasteiger partial charge in [-0.1, -0.05) is 0 Å². The van der Waals surface area contributed by atoms with E-state index < -0.39 is 14.6 Å². The summed E-state index contributed by atoms with van der Waals surface area (Å²) in [5.41, 5.74) is 7.79. The Labute approximate surface area is 177 Å². The van der Waals surface area contributed by atoms with Crippen LogP contribution in [0.25, 0.3) is 11.4 Å². The summed E-state index contributed by atoms with van der Waals surface area (Å²) in [7, 11) is -3.44. The number of aliphatic hydroxyl groups is 1. The van der Waals surface area contributed by atoms with Crippen LogP contribution in [0.3, 0.4) is 0 Å². The van der Waals surface area contributed by atoms with Gasteiger partial charge in [0.25, 0.3) is 0 Å². The third-order valence-electron chi connectivity index (χ3n) is 5.88. The zero-order chi connectivity index (χ0) is 21.4. The van der Waals surface area contributed by atoms with Gasteiger partial charge < -0.3 is 20.5 Å². The van der Waals surface area contributed by atoms with Gasteiger partial charge in [0, 0.05) is 30.5 Å². The molecule has 2 heterocycles. The molecule has 0 amide bonds. The third-order valence-corrected chi connectivity index (χ3v) is 8.52. The van der Waals surface area contributed by atoms with Crippen LogP contribution < -0.4 is 10.6 Å². The summed E-state index contributed by atoms with van der Waals surface area (Å²) in [6.45, 7) is 3.79. The molecule has 2 aromatic rings. The van der Waals surface area contributed by atoms with E-state index in [4.69, 9.17) is 25.5 Å². The van der Waals surface area contributed by atoms with Gasteiger partial charge in [-0.3, -0.25) is 0 Å². The van der Waals surface area contributed by atoms with E-state index in [-0.39, 0.29) is 24.8 Å². The summed E-state index contributed by atoms with van der Waals surface area (Å²) in [6, 6.07) is 9.22. The lowest BCUT2D eigenvalue weighted by Crippen LogP contribution is -2.44. The second-order valence-corrected chi connectivity index (χ2v) is 10.5. The van der Waals surface area contributed by atoms with Crippen molar-refractivity contribution in [2.45, 2.75) is 37.0 Å². The summed E-state index contributed by atoms with van der Waals surface area (Å²) in [5.74, 6) is 1.16. The molecule has 0 unspecified atom stereocenters. The molecule has 1 saturated carbocycles. The topological polar surface area (TPSA) is 119 Å². The molecule has 3 N–H and O–H groups in total. The zero-order valence-corrected chi connectivity index (χ0v) is 17.9. The summed E-state index contributed by atoms with van der Waals surface area (Å²) < 4.78 is 30.8. The maximum Gasteiger partial charge on any atom is 0.161 e. The fraction of sp³-hybridized carbons (Fsp3) is 0.524. The minimum absolute atomic E-state index is 0.0476. The molecular weight excluding hydrogens is 404 g/mol. The number of hydrogen-bond acceptors (Lipinski definition) is 8. The molecule has 1 aromatic carbocycles. The molecule has 4 rings (SSSR count). The van der Waals surface area contributed by atoms with E-state index in [0.717, 1.165) is 5.56 Å².